The van der Waals surface area contributed by atoms with Crippen LogP contribution in [0, 0.1) is 11.3 Å². The van der Waals surface area contributed by atoms with Gasteiger partial charge in [-0.3, -0.25) is 4.79 Å². The van der Waals surface area contributed by atoms with E-state index >= 15 is 0 Å². The molecule has 0 saturated carbocycles. The van der Waals surface area contributed by atoms with Gasteiger partial charge in [0, 0.05) is 12.6 Å². The molecule has 1 aromatic carbocycles. The van der Waals surface area contributed by atoms with Gasteiger partial charge >= 0.3 is 0 Å². The number of methoxy groups -OCH3 is 2. The monoisotopic (exact) mass is 248 g/mol. The minimum atomic E-state index is -0.224. The van der Waals surface area contributed by atoms with Gasteiger partial charge in [0.25, 0.3) is 5.91 Å². The molecule has 5 nitrogen and oxygen atoms in total. The van der Waals surface area contributed by atoms with Gasteiger partial charge in [0.15, 0.2) is 0 Å². The van der Waals surface area contributed by atoms with Crippen LogP contribution in [0.1, 0.15) is 17.3 Å². The Bertz CT molecular complexity index is 466. The second-order valence-corrected chi connectivity index (χ2v) is 3.54. The molecule has 0 spiro atoms. The Morgan fingerprint density at radius 1 is 1.39 bits per heavy atom. The average Bonchev–Trinajstić information content (AvgIpc) is 2.43. The predicted molar refractivity (Wildman–Crippen MR) is 66.7 cm³/mol. The molecule has 0 aliphatic carbocycles. The van der Waals surface area contributed by atoms with E-state index in [1.807, 2.05) is 13.0 Å². The molecule has 0 saturated heterocycles. The number of ether oxygens (including phenoxy) is 2. The predicted octanol–water partition coefficient (Wildman–Crippen LogP) is 1.69. The fraction of sp³-hybridized carbons (Fsp3) is 0.385. The van der Waals surface area contributed by atoms with E-state index in [9.17, 15) is 4.79 Å². The van der Waals surface area contributed by atoms with Crippen molar-refractivity contribution in [2.45, 2.75) is 6.92 Å². The first kappa shape index (κ1) is 13.8. The summed E-state index contributed by atoms with van der Waals surface area (Å²) in [7, 11) is 3.04. The van der Waals surface area contributed by atoms with E-state index in [-0.39, 0.29) is 12.5 Å². The number of hydrogen-bond acceptors (Lipinski definition) is 4. The van der Waals surface area contributed by atoms with Gasteiger partial charge in [-0.25, -0.2) is 0 Å². The molecule has 0 fully saturated rings. The van der Waals surface area contributed by atoms with Crippen LogP contribution in [0.5, 0.6) is 11.5 Å². The lowest BCUT2D eigenvalue weighted by molar-refractivity contribution is 0.0781. The number of carbonyl (C=O) groups excluding carboxylic acids is 1. The molecule has 0 aliphatic rings. The highest BCUT2D eigenvalue weighted by atomic mass is 16.5. The number of nitrogens with zero attached hydrogens (tertiary/aromatic N) is 2. The van der Waals surface area contributed by atoms with Crippen LogP contribution in [0.2, 0.25) is 0 Å². The highest BCUT2D eigenvalue weighted by Crippen LogP contribution is 2.25. The molecule has 1 amide bonds. The molecule has 96 valence electrons. The van der Waals surface area contributed by atoms with Crippen molar-refractivity contribution in [3.8, 4) is 17.6 Å². The number of carbonyl (C=O) groups is 1. The molecule has 0 unspecified atom stereocenters. The number of rotatable bonds is 5. The fourth-order valence-corrected chi connectivity index (χ4v) is 1.56. The Kier molecular flexibility index (Phi) is 5.00. The molecule has 0 bridgehead atoms. The largest absolute Gasteiger partial charge is 0.497 e. The third kappa shape index (κ3) is 2.92. The van der Waals surface area contributed by atoms with E-state index < -0.39 is 0 Å². The van der Waals surface area contributed by atoms with Gasteiger partial charge in [-0.15, -0.1) is 0 Å². The van der Waals surface area contributed by atoms with Gasteiger partial charge in [0.2, 0.25) is 0 Å². The smallest absolute Gasteiger partial charge is 0.258 e. The van der Waals surface area contributed by atoms with E-state index in [0.29, 0.717) is 23.6 Å². The summed E-state index contributed by atoms with van der Waals surface area (Å²) in [4.78, 5) is 13.6. The first-order valence-corrected chi connectivity index (χ1v) is 5.56. The highest BCUT2D eigenvalue weighted by Gasteiger charge is 2.18. The normalized spacial score (nSPS) is 9.44. The Hall–Kier alpha value is -2.22. The third-order valence-corrected chi connectivity index (χ3v) is 2.57. The molecule has 1 aromatic rings. The first-order chi connectivity index (χ1) is 8.67. The number of nitriles is 1. The van der Waals surface area contributed by atoms with E-state index in [4.69, 9.17) is 14.7 Å². The van der Waals surface area contributed by atoms with Crippen LogP contribution >= 0.6 is 0 Å². The Labute approximate surface area is 107 Å². The molecule has 0 heterocycles. The van der Waals surface area contributed by atoms with Crippen molar-refractivity contribution in [1.29, 1.82) is 5.26 Å². The van der Waals surface area contributed by atoms with Crippen molar-refractivity contribution < 1.29 is 14.3 Å². The molecule has 0 radical (unpaired) electrons. The van der Waals surface area contributed by atoms with Crippen molar-refractivity contribution in [3.63, 3.8) is 0 Å². The molecular weight excluding hydrogens is 232 g/mol. The number of hydrogen-bond donors (Lipinski definition) is 0. The van der Waals surface area contributed by atoms with Gasteiger partial charge in [-0.1, -0.05) is 0 Å². The van der Waals surface area contributed by atoms with Crippen molar-refractivity contribution in [2.75, 3.05) is 27.3 Å². The molecule has 0 N–H and O–H groups in total. The van der Waals surface area contributed by atoms with Crippen molar-refractivity contribution in [3.05, 3.63) is 23.8 Å². The second-order valence-electron chi connectivity index (χ2n) is 3.54. The van der Waals surface area contributed by atoms with Crippen LogP contribution in [0.3, 0.4) is 0 Å². The van der Waals surface area contributed by atoms with Crippen LogP contribution in [-0.2, 0) is 0 Å². The maximum Gasteiger partial charge on any atom is 0.258 e. The van der Waals surface area contributed by atoms with Crippen molar-refractivity contribution in [2.24, 2.45) is 0 Å². The zero-order valence-electron chi connectivity index (χ0n) is 10.8. The molecule has 0 aromatic heterocycles. The average molecular weight is 248 g/mol. The Morgan fingerprint density at radius 2 is 2.11 bits per heavy atom. The van der Waals surface area contributed by atoms with Crippen LogP contribution in [0.4, 0.5) is 0 Å². The highest BCUT2D eigenvalue weighted by molar-refractivity contribution is 5.97. The van der Waals surface area contributed by atoms with Gasteiger partial charge in [-0.2, -0.15) is 5.26 Å². The number of benzene rings is 1. The van der Waals surface area contributed by atoms with E-state index in [1.54, 1.807) is 25.3 Å². The molecule has 5 heteroatoms. The molecule has 0 atom stereocenters. The van der Waals surface area contributed by atoms with Gasteiger partial charge in [-0.05, 0) is 19.1 Å². The van der Waals surface area contributed by atoms with Crippen LogP contribution in [0.25, 0.3) is 0 Å². The minimum Gasteiger partial charge on any atom is -0.497 e. The zero-order chi connectivity index (χ0) is 13.5. The van der Waals surface area contributed by atoms with Crippen LogP contribution in [-0.4, -0.2) is 38.1 Å². The van der Waals surface area contributed by atoms with Crippen molar-refractivity contribution >= 4 is 5.91 Å². The summed E-state index contributed by atoms with van der Waals surface area (Å²) in [5.74, 6) is 0.834. The number of amides is 1. The minimum absolute atomic E-state index is 0.0600. The van der Waals surface area contributed by atoms with Crippen LogP contribution in [0.15, 0.2) is 18.2 Å². The topological polar surface area (TPSA) is 62.6 Å². The summed E-state index contributed by atoms with van der Waals surface area (Å²) >= 11 is 0. The van der Waals surface area contributed by atoms with Crippen LogP contribution < -0.4 is 9.47 Å². The molecule has 0 aliphatic heterocycles. The van der Waals surface area contributed by atoms with E-state index in [0.717, 1.165) is 0 Å². The third-order valence-electron chi connectivity index (χ3n) is 2.57. The maximum atomic E-state index is 12.2. The quantitative estimate of drug-likeness (QED) is 0.744. The SMILES string of the molecule is CCN(CC#N)C(=O)c1ccc(OC)cc1OC. The van der Waals surface area contributed by atoms with E-state index in [2.05, 4.69) is 0 Å². The van der Waals surface area contributed by atoms with Gasteiger partial charge in [0.1, 0.15) is 18.0 Å². The van der Waals surface area contributed by atoms with E-state index in [1.165, 1.54) is 12.0 Å². The lowest BCUT2D eigenvalue weighted by atomic mass is 10.1. The maximum absolute atomic E-state index is 12.2. The first-order valence-electron chi connectivity index (χ1n) is 5.56. The van der Waals surface area contributed by atoms with Gasteiger partial charge < -0.3 is 14.4 Å². The summed E-state index contributed by atoms with van der Waals surface area (Å²) in [5.41, 5.74) is 0.426. The summed E-state index contributed by atoms with van der Waals surface area (Å²) in [5, 5.41) is 8.68. The standard InChI is InChI=1S/C13H16N2O3/c1-4-15(8-7-14)13(16)11-6-5-10(17-2)9-12(11)18-3/h5-6,9H,4,8H2,1-3H3. The molecule has 18 heavy (non-hydrogen) atoms. The Balaban J connectivity index is 3.08. The van der Waals surface area contributed by atoms with Crippen molar-refractivity contribution in [1.82, 2.24) is 4.90 Å². The fourth-order valence-electron chi connectivity index (χ4n) is 1.56. The van der Waals surface area contributed by atoms with Gasteiger partial charge in [0.05, 0.1) is 25.9 Å². The molecular formula is C13H16N2O3. The Morgan fingerprint density at radius 3 is 2.61 bits per heavy atom. The zero-order valence-corrected chi connectivity index (χ0v) is 10.8. The summed E-state index contributed by atoms with van der Waals surface area (Å²) in [6.45, 7) is 2.36. The lowest BCUT2D eigenvalue weighted by Crippen LogP contribution is -2.31. The summed E-state index contributed by atoms with van der Waals surface area (Å²) < 4.78 is 10.2. The molecule has 1 rings (SSSR count). The summed E-state index contributed by atoms with van der Waals surface area (Å²) in [6.07, 6.45) is 0. The lowest BCUT2D eigenvalue weighted by Gasteiger charge is -2.19. The second kappa shape index (κ2) is 6.50. The summed E-state index contributed by atoms with van der Waals surface area (Å²) in [6, 6.07) is 6.94.